The van der Waals surface area contributed by atoms with Crippen LogP contribution in [0.4, 0.5) is 0 Å². The molecule has 0 radical (unpaired) electrons. The van der Waals surface area contributed by atoms with Gasteiger partial charge >= 0.3 is 0 Å². The van der Waals surface area contributed by atoms with Crippen LogP contribution in [0.5, 0.6) is 0 Å². The third-order valence-electron chi connectivity index (χ3n) is 9.51. The number of hydrogen-bond acceptors (Lipinski definition) is 2. The van der Waals surface area contributed by atoms with Crippen LogP contribution in [-0.2, 0) is 0 Å². The Morgan fingerprint density at radius 1 is 0.400 bits per heavy atom. The molecule has 10 rings (SSSR count). The highest BCUT2D eigenvalue weighted by molar-refractivity contribution is 7.27. The molecule has 0 atom stereocenters. The normalized spacial score (nSPS) is 12.1. The van der Waals surface area contributed by atoms with E-state index < -0.39 is 0 Å². The van der Waals surface area contributed by atoms with Crippen LogP contribution in [0.2, 0.25) is 0 Å². The summed E-state index contributed by atoms with van der Waals surface area (Å²) in [6.07, 6.45) is 0. The average molecular weight is 607 g/mol. The molecule has 0 nitrogen and oxygen atoms in total. The van der Waals surface area contributed by atoms with E-state index in [4.69, 9.17) is 0 Å². The van der Waals surface area contributed by atoms with Gasteiger partial charge in [-0.25, -0.2) is 0 Å². The van der Waals surface area contributed by atoms with E-state index in [-0.39, 0.29) is 0 Å². The van der Waals surface area contributed by atoms with Crippen molar-refractivity contribution in [1.82, 2.24) is 0 Å². The average Bonchev–Trinajstić information content (AvgIpc) is 3.67. The Hall–Kier alpha value is -5.02. The van der Waals surface area contributed by atoms with Gasteiger partial charge in [-0.2, -0.15) is 0 Å². The van der Waals surface area contributed by atoms with Gasteiger partial charge in [-0.1, -0.05) is 121 Å². The van der Waals surface area contributed by atoms with Gasteiger partial charge in [0, 0.05) is 51.3 Å². The van der Waals surface area contributed by atoms with Crippen LogP contribution in [0, 0.1) is 6.92 Å². The molecular weight excluding hydrogens is 581 g/mol. The molecule has 2 heterocycles. The molecule has 0 aliphatic rings. The zero-order valence-corrected chi connectivity index (χ0v) is 26.2. The highest BCUT2D eigenvalue weighted by Gasteiger charge is 2.22. The van der Waals surface area contributed by atoms with Crippen LogP contribution in [0.25, 0.3) is 94.9 Å². The molecule has 0 saturated carbocycles. The van der Waals surface area contributed by atoms with E-state index in [1.54, 1.807) is 0 Å². The monoisotopic (exact) mass is 606 g/mol. The lowest BCUT2D eigenvalue weighted by Gasteiger charge is -2.19. The van der Waals surface area contributed by atoms with Crippen LogP contribution < -0.4 is 0 Å². The zero-order valence-electron chi connectivity index (χ0n) is 24.6. The smallest absolute Gasteiger partial charge is 0.0440 e. The first-order valence-corrected chi connectivity index (χ1v) is 17.1. The Kier molecular flexibility index (Phi) is 5.34. The van der Waals surface area contributed by atoms with Crippen molar-refractivity contribution in [3.63, 3.8) is 0 Å². The second-order valence-electron chi connectivity index (χ2n) is 12.1. The van der Waals surface area contributed by atoms with Crippen molar-refractivity contribution in [1.29, 1.82) is 0 Å². The van der Waals surface area contributed by atoms with Gasteiger partial charge in [-0.05, 0) is 74.8 Å². The van der Waals surface area contributed by atoms with Gasteiger partial charge < -0.3 is 0 Å². The van der Waals surface area contributed by atoms with Crippen LogP contribution in [0.3, 0.4) is 0 Å². The summed E-state index contributed by atoms with van der Waals surface area (Å²) >= 11 is 3.84. The summed E-state index contributed by atoms with van der Waals surface area (Å²) in [5.74, 6) is 0. The predicted octanol–water partition coefficient (Wildman–Crippen LogP) is 13.5. The van der Waals surface area contributed by atoms with Crippen molar-refractivity contribution in [3.8, 4) is 22.3 Å². The van der Waals surface area contributed by atoms with E-state index in [1.807, 2.05) is 22.7 Å². The fourth-order valence-electron chi connectivity index (χ4n) is 7.56. The van der Waals surface area contributed by atoms with E-state index >= 15 is 0 Å². The number of hydrogen-bond donors (Lipinski definition) is 0. The SMILES string of the molecule is Cc1ccc(-c2c3ccccc3c(-c3cc4ccc5sc6ccccc6c5c4c4c3sc3ccccc34)c3ccccc23)cc1. The van der Waals surface area contributed by atoms with Gasteiger partial charge in [0.15, 0.2) is 0 Å². The molecule has 0 aliphatic heterocycles. The third-order valence-corrected chi connectivity index (χ3v) is 11.8. The highest BCUT2D eigenvalue weighted by atomic mass is 32.1. The summed E-state index contributed by atoms with van der Waals surface area (Å²) in [5, 5.41) is 13.3. The molecular formula is C43H26S2. The Morgan fingerprint density at radius 3 is 1.58 bits per heavy atom. The Balaban J connectivity index is 1.43. The summed E-state index contributed by atoms with van der Waals surface area (Å²) < 4.78 is 5.40. The third kappa shape index (κ3) is 3.58. The van der Waals surface area contributed by atoms with E-state index in [9.17, 15) is 0 Å². The lowest BCUT2D eigenvalue weighted by atomic mass is 9.84. The van der Waals surface area contributed by atoms with Crippen molar-refractivity contribution in [3.05, 3.63) is 145 Å². The molecule has 8 aromatic carbocycles. The molecule has 0 unspecified atom stereocenters. The second kappa shape index (κ2) is 9.49. The summed E-state index contributed by atoms with van der Waals surface area (Å²) in [6.45, 7) is 2.16. The highest BCUT2D eigenvalue weighted by Crippen LogP contribution is 2.51. The van der Waals surface area contributed by atoms with Crippen LogP contribution in [-0.4, -0.2) is 0 Å². The minimum Gasteiger partial charge on any atom is -0.135 e. The first-order chi connectivity index (χ1) is 22.2. The maximum Gasteiger partial charge on any atom is 0.0440 e. The fourth-order valence-corrected chi connectivity index (χ4v) is 9.91. The van der Waals surface area contributed by atoms with Crippen molar-refractivity contribution in [2.45, 2.75) is 6.92 Å². The van der Waals surface area contributed by atoms with Crippen LogP contribution in [0.1, 0.15) is 5.56 Å². The lowest BCUT2D eigenvalue weighted by Crippen LogP contribution is -1.91. The molecule has 2 aromatic heterocycles. The lowest BCUT2D eigenvalue weighted by molar-refractivity contribution is 1.47. The minimum absolute atomic E-state index is 1.26. The Morgan fingerprint density at radius 2 is 0.933 bits per heavy atom. The van der Waals surface area contributed by atoms with Gasteiger partial charge in [0.25, 0.3) is 0 Å². The molecule has 0 N–H and O–H groups in total. The van der Waals surface area contributed by atoms with Gasteiger partial charge in [0.05, 0.1) is 0 Å². The topological polar surface area (TPSA) is 0 Å². The van der Waals surface area contributed by atoms with E-state index in [2.05, 4.69) is 146 Å². The van der Waals surface area contributed by atoms with Crippen LogP contribution in [0.15, 0.2) is 140 Å². The van der Waals surface area contributed by atoms with Crippen LogP contribution >= 0.6 is 22.7 Å². The first kappa shape index (κ1) is 25.3. The second-order valence-corrected chi connectivity index (χ2v) is 14.2. The molecule has 2 heteroatoms. The maximum absolute atomic E-state index is 2.48. The molecule has 0 aliphatic carbocycles. The van der Waals surface area contributed by atoms with Crippen molar-refractivity contribution >= 4 is 95.3 Å². The number of benzene rings is 8. The number of fused-ring (bicyclic) bond motifs is 11. The molecule has 45 heavy (non-hydrogen) atoms. The molecule has 0 spiro atoms. The molecule has 0 saturated heterocycles. The minimum atomic E-state index is 1.26. The fraction of sp³-hybridized carbons (Fsp3) is 0.0233. The zero-order chi connectivity index (χ0) is 29.6. The maximum atomic E-state index is 2.48. The van der Waals surface area contributed by atoms with Gasteiger partial charge in [0.2, 0.25) is 0 Å². The summed E-state index contributed by atoms with van der Waals surface area (Å²) in [5.41, 5.74) is 6.49. The molecule has 0 fully saturated rings. The predicted molar refractivity (Wildman–Crippen MR) is 200 cm³/mol. The van der Waals surface area contributed by atoms with E-state index in [1.165, 1.54) is 100 Å². The summed E-state index contributed by atoms with van der Waals surface area (Å²) in [6, 6.07) is 52.1. The van der Waals surface area contributed by atoms with Gasteiger partial charge in [0.1, 0.15) is 0 Å². The van der Waals surface area contributed by atoms with Gasteiger partial charge in [-0.15, -0.1) is 22.7 Å². The molecule has 0 amide bonds. The Labute approximate surface area is 268 Å². The van der Waals surface area contributed by atoms with Crippen molar-refractivity contribution < 1.29 is 0 Å². The first-order valence-electron chi connectivity index (χ1n) is 15.4. The summed E-state index contributed by atoms with van der Waals surface area (Å²) in [4.78, 5) is 0. The van der Waals surface area contributed by atoms with Gasteiger partial charge in [-0.3, -0.25) is 0 Å². The number of rotatable bonds is 2. The molecule has 0 bridgehead atoms. The quantitative estimate of drug-likeness (QED) is 0.172. The largest absolute Gasteiger partial charge is 0.135 e. The van der Waals surface area contributed by atoms with E-state index in [0.717, 1.165) is 0 Å². The number of thiophene rings is 2. The van der Waals surface area contributed by atoms with Crippen molar-refractivity contribution in [2.24, 2.45) is 0 Å². The Bertz CT molecular complexity index is 2750. The van der Waals surface area contributed by atoms with E-state index in [0.29, 0.717) is 0 Å². The summed E-state index contributed by atoms with van der Waals surface area (Å²) in [7, 11) is 0. The number of aryl methyl sites for hydroxylation is 1. The molecule has 210 valence electrons. The van der Waals surface area contributed by atoms with Crippen molar-refractivity contribution in [2.75, 3.05) is 0 Å². The standard InChI is InChI=1S/C43H26S2/c1-25-18-20-26(21-19-25)38-28-10-2-4-12-30(28)40(31-13-5-3-11-29(31)38)34-24-27-22-23-37-41(32-14-6-8-16-35(32)44-37)39(27)42-33-15-7-9-17-36(33)45-43(34)42/h2-24H,1H3. The molecule has 10 aromatic rings.